The van der Waals surface area contributed by atoms with Crippen LogP contribution >= 0.6 is 0 Å². The van der Waals surface area contributed by atoms with Crippen LogP contribution in [-0.2, 0) is 16.1 Å². The van der Waals surface area contributed by atoms with E-state index in [1.54, 1.807) is 12.3 Å². The molecule has 0 aliphatic rings. The van der Waals surface area contributed by atoms with Crippen LogP contribution in [0.5, 0.6) is 0 Å². The minimum absolute atomic E-state index is 0.0486. The van der Waals surface area contributed by atoms with Crippen LogP contribution in [0.3, 0.4) is 0 Å². The van der Waals surface area contributed by atoms with Crippen molar-refractivity contribution in [2.75, 3.05) is 13.2 Å². The Morgan fingerprint density at radius 3 is 2.94 bits per heavy atom. The molecule has 4 nitrogen and oxygen atoms in total. The Balaban J connectivity index is 2.37. The molecule has 0 radical (unpaired) electrons. The van der Waals surface area contributed by atoms with Gasteiger partial charge < -0.3 is 9.47 Å². The molecule has 0 saturated carbocycles. The van der Waals surface area contributed by atoms with E-state index in [1.165, 1.54) is 6.92 Å². The normalized spacial score (nSPS) is 10.1. The molecule has 0 spiro atoms. The predicted octanol–water partition coefficient (Wildman–Crippen LogP) is 2.74. The monoisotopic (exact) mass is 249 g/mol. The molecule has 0 bridgehead atoms. The fraction of sp³-hybridized carbons (Fsp3) is 0.429. The zero-order valence-electron chi connectivity index (χ0n) is 10.9. The van der Waals surface area contributed by atoms with Crippen LogP contribution in [0.15, 0.2) is 30.7 Å². The van der Waals surface area contributed by atoms with Crippen LogP contribution in [0.2, 0.25) is 0 Å². The molecule has 0 aromatic carbocycles. The van der Waals surface area contributed by atoms with Gasteiger partial charge in [0.15, 0.2) is 5.78 Å². The highest BCUT2D eigenvalue weighted by atomic mass is 16.5. The smallest absolute Gasteiger partial charge is 0.178 e. The van der Waals surface area contributed by atoms with Crippen LogP contribution < -0.4 is 0 Å². The fourth-order valence-electron chi connectivity index (χ4n) is 1.33. The Morgan fingerprint density at radius 1 is 1.50 bits per heavy atom. The van der Waals surface area contributed by atoms with Crippen molar-refractivity contribution in [1.82, 2.24) is 4.98 Å². The lowest BCUT2D eigenvalue weighted by atomic mass is 10.2. The van der Waals surface area contributed by atoms with Gasteiger partial charge in [0.25, 0.3) is 0 Å². The number of Topliss-reactive ketones (excluding diaryl/α,β-unsaturated/α-hetero) is 1. The summed E-state index contributed by atoms with van der Waals surface area (Å²) in [5.41, 5.74) is 1.37. The molecule has 0 amide bonds. The number of pyridine rings is 1. The van der Waals surface area contributed by atoms with E-state index in [4.69, 9.17) is 9.47 Å². The molecule has 98 valence electrons. The van der Waals surface area contributed by atoms with Crippen molar-refractivity contribution < 1.29 is 14.3 Å². The highest BCUT2D eigenvalue weighted by molar-refractivity contribution is 5.92. The molecule has 0 aliphatic carbocycles. The van der Waals surface area contributed by atoms with E-state index in [0.717, 1.165) is 12.0 Å². The Kier molecular flexibility index (Phi) is 6.08. The van der Waals surface area contributed by atoms with Gasteiger partial charge >= 0.3 is 0 Å². The fourth-order valence-corrected chi connectivity index (χ4v) is 1.33. The first-order valence-corrected chi connectivity index (χ1v) is 5.97. The van der Waals surface area contributed by atoms with Crippen LogP contribution in [0, 0.1) is 0 Å². The van der Waals surface area contributed by atoms with Crippen molar-refractivity contribution in [1.29, 1.82) is 0 Å². The number of carbonyl (C=O) groups excluding carboxylic acids is 1. The first kappa shape index (κ1) is 14.4. The average molecular weight is 249 g/mol. The number of nitrogens with zero attached hydrogens (tertiary/aromatic N) is 1. The van der Waals surface area contributed by atoms with Crippen molar-refractivity contribution in [2.24, 2.45) is 0 Å². The highest BCUT2D eigenvalue weighted by Gasteiger charge is 2.02. The summed E-state index contributed by atoms with van der Waals surface area (Å²) >= 11 is 0. The molecule has 0 aliphatic heterocycles. The lowest BCUT2D eigenvalue weighted by Gasteiger charge is -2.09. The first-order chi connectivity index (χ1) is 8.63. The zero-order valence-corrected chi connectivity index (χ0v) is 10.9. The maximum Gasteiger partial charge on any atom is 0.178 e. The molecule has 0 saturated heterocycles. The van der Waals surface area contributed by atoms with E-state index in [-0.39, 0.29) is 5.78 Å². The third kappa shape index (κ3) is 5.10. The van der Waals surface area contributed by atoms with E-state index < -0.39 is 0 Å². The minimum Gasteiger partial charge on any atom is -0.496 e. The topological polar surface area (TPSA) is 48.4 Å². The summed E-state index contributed by atoms with van der Waals surface area (Å²) in [4.78, 5) is 15.1. The molecule has 0 N–H and O–H groups in total. The number of hydrogen-bond donors (Lipinski definition) is 0. The van der Waals surface area contributed by atoms with E-state index in [2.05, 4.69) is 11.6 Å². The van der Waals surface area contributed by atoms with Crippen LogP contribution in [0.4, 0.5) is 0 Å². The van der Waals surface area contributed by atoms with Crippen molar-refractivity contribution in [3.8, 4) is 0 Å². The summed E-state index contributed by atoms with van der Waals surface area (Å²) in [5, 5.41) is 0. The number of carbonyl (C=O) groups is 1. The highest BCUT2D eigenvalue weighted by Crippen LogP contribution is 2.06. The van der Waals surface area contributed by atoms with Gasteiger partial charge in [-0.1, -0.05) is 13.5 Å². The largest absolute Gasteiger partial charge is 0.496 e. The second-order valence-corrected chi connectivity index (χ2v) is 3.99. The third-order valence-corrected chi connectivity index (χ3v) is 2.23. The lowest BCUT2D eigenvalue weighted by Crippen LogP contribution is -2.03. The Morgan fingerprint density at radius 2 is 2.28 bits per heavy atom. The van der Waals surface area contributed by atoms with Gasteiger partial charge in [-0.25, -0.2) is 0 Å². The van der Waals surface area contributed by atoms with Gasteiger partial charge in [0.1, 0.15) is 18.1 Å². The van der Waals surface area contributed by atoms with Crippen molar-refractivity contribution in [3.63, 3.8) is 0 Å². The summed E-state index contributed by atoms with van der Waals surface area (Å²) in [6.07, 6.45) is 2.56. The van der Waals surface area contributed by atoms with Gasteiger partial charge in [-0.05, 0) is 24.1 Å². The predicted molar refractivity (Wildman–Crippen MR) is 69.3 cm³/mol. The molecule has 0 atom stereocenters. The molecule has 18 heavy (non-hydrogen) atoms. The standard InChI is InChI=1S/C14H19NO3/c1-4-7-18-11(2)9-17-10-13-5-6-15-14(8-13)12(3)16/h5-6,8H,2,4,7,9-10H2,1,3H3. The van der Waals surface area contributed by atoms with Crippen molar-refractivity contribution >= 4 is 5.78 Å². The van der Waals surface area contributed by atoms with E-state index in [9.17, 15) is 4.79 Å². The van der Waals surface area contributed by atoms with Gasteiger partial charge in [0, 0.05) is 13.1 Å². The lowest BCUT2D eigenvalue weighted by molar-refractivity contribution is 0.0890. The first-order valence-electron chi connectivity index (χ1n) is 5.97. The van der Waals surface area contributed by atoms with E-state index in [0.29, 0.717) is 31.3 Å². The Hall–Kier alpha value is -1.68. The summed E-state index contributed by atoms with van der Waals surface area (Å²) in [5.74, 6) is 0.574. The molecule has 1 heterocycles. The number of rotatable bonds is 8. The van der Waals surface area contributed by atoms with Crippen LogP contribution in [0.1, 0.15) is 36.3 Å². The second-order valence-electron chi connectivity index (χ2n) is 3.99. The summed E-state index contributed by atoms with van der Waals surface area (Å²) in [6.45, 7) is 8.72. The van der Waals surface area contributed by atoms with Gasteiger partial charge in [0.05, 0.1) is 13.2 Å². The van der Waals surface area contributed by atoms with E-state index in [1.807, 2.05) is 13.0 Å². The molecule has 0 unspecified atom stereocenters. The van der Waals surface area contributed by atoms with Crippen molar-refractivity contribution in [2.45, 2.75) is 26.9 Å². The Labute approximate surface area is 108 Å². The number of ketones is 1. The van der Waals surface area contributed by atoms with Gasteiger partial charge in [0.2, 0.25) is 0 Å². The van der Waals surface area contributed by atoms with Gasteiger partial charge in [-0.2, -0.15) is 0 Å². The molecular weight excluding hydrogens is 230 g/mol. The molecule has 1 aromatic heterocycles. The molecule has 4 heteroatoms. The van der Waals surface area contributed by atoms with Crippen molar-refractivity contribution in [3.05, 3.63) is 41.9 Å². The van der Waals surface area contributed by atoms with Gasteiger partial charge in [-0.3, -0.25) is 9.78 Å². The molecule has 1 rings (SSSR count). The second kappa shape index (κ2) is 7.61. The zero-order chi connectivity index (χ0) is 13.4. The third-order valence-electron chi connectivity index (χ3n) is 2.23. The Bertz CT molecular complexity index is 415. The summed E-state index contributed by atoms with van der Waals surface area (Å²) in [7, 11) is 0. The van der Waals surface area contributed by atoms with Crippen LogP contribution in [-0.4, -0.2) is 24.0 Å². The van der Waals surface area contributed by atoms with Crippen LogP contribution in [0.25, 0.3) is 0 Å². The van der Waals surface area contributed by atoms with Gasteiger partial charge in [-0.15, -0.1) is 0 Å². The molecular formula is C14H19NO3. The maximum atomic E-state index is 11.2. The SMILES string of the molecule is C=C(COCc1ccnc(C(C)=O)c1)OCCC. The molecule has 0 fully saturated rings. The molecule has 1 aromatic rings. The number of ether oxygens (including phenoxy) is 2. The number of aromatic nitrogens is 1. The summed E-state index contributed by atoms with van der Waals surface area (Å²) in [6, 6.07) is 3.56. The van der Waals surface area contributed by atoms with E-state index >= 15 is 0 Å². The maximum absolute atomic E-state index is 11.2. The quantitative estimate of drug-likeness (QED) is 0.525. The minimum atomic E-state index is -0.0486. The number of hydrogen-bond acceptors (Lipinski definition) is 4. The average Bonchev–Trinajstić information content (AvgIpc) is 2.36. The summed E-state index contributed by atoms with van der Waals surface area (Å²) < 4.78 is 10.8.